The molecule has 0 aromatic heterocycles. The van der Waals surface area contributed by atoms with Gasteiger partial charge in [-0.05, 0) is 30.9 Å². The van der Waals surface area contributed by atoms with Crippen LogP contribution in [0.4, 0.5) is 5.69 Å². The van der Waals surface area contributed by atoms with Crippen LogP contribution in [0.25, 0.3) is 0 Å². The quantitative estimate of drug-likeness (QED) is 0.590. The Bertz CT molecular complexity index is 900. The topological polar surface area (TPSA) is 51.2 Å². The molecule has 1 aromatic carbocycles. The molecule has 0 N–H and O–H groups in total. The number of nitrogens with zero attached hydrogens (tertiary/aromatic N) is 2. The number of hydrogen-bond donors (Lipinski definition) is 0. The Kier molecular flexibility index (Phi) is 3.27. The van der Waals surface area contributed by atoms with Crippen LogP contribution < -0.4 is 4.90 Å². The summed E-state index contributed by atoms with van der Waals surface area (Å²) in [6.07, 6.45) is 3.98. The van der Waals surface area contributed by atoms with Crippen molar-refractivity contribution in [2.24, 2.45) is 11.8 Å². The second-order valence-electron chi connectivity index (χ2n) is 8.70. The fourth-order valence-electron chi connectivity index (χ4n) is 7.34. The van der Waals surface area contributed by atoms with E-state index in [9.17, 15) is 4.79 Å². The highest BCUT2D eigenvalue weighted by atomic mass is 16.6. The van der Waals surface area contributed by atoms with E-state index in [-0.39, 0.29) is 30.1 Å². The van der Waals surface area contributed by atoms with Crippen LogP contribution in [0, 0.1) is 11.8 Å². The van der Waals surface area contributed by atoms with Crippen LogP contribution in [-0.2, 0) is 24.4 Å². The molecule has 4 bridgehead atoms. The molecular formula is C22H26N2O4. The van der Waals surface area contributed by atoms with Crippen molar-refractivity contribution >= 4 is 11.7 Å². The lowest BCUT2D eigenvalue weighted by atomic mass is 9.49. The number of rotatable bonds is 3. The summed E-state index contributed by atoms with van der Waals surface area (Å²) in [4.78, 5) is 18.1. The number of anilines is 1. The molecule has 0 radical (unpaired) electrons. The maximum Gasteiger partial charge on any atom is 0.310 e. The zero-order valence-electron chi connectivity index (χ0n) is 16.6. The van der Waals surface area contributed by atoms with Crippen LogP contribution >= 0.6 is 0 Å². The van der Waals surface area contributed by atoms with Gasteiger partial charge in [0.2, 0.25) is 0 Å². The van der Waals surface area contributed by atoms with Gasteiger partial charge in [-0.1, -0.05) is 29.8 Å². The molecule has 148 valence electrons. The van der Waals surface area contributed by atoms with Crippen molar-refractivity contribution in [3.63, 3.8) is 0 Å². The zero-order valence-corrected chi connectivity index (χ0v) is 16.6. The van der Waals surface area contributed by atoms with Crippen molar-refractivity contribution < 1.29 is 19.0 Å². The number of allylic oxidation sites excluding steroid dienone is 1. The number of ether oxygens (including phenoxy) is 3. The van der Waals surface area contributed by atoms with Crippen LogP contribution in [-0.4, -0.2) is 56.4 Å². The molecule has 4 heterocycles. The molecule has 3 saturated heterocycles. The van der Waals surface area contributed by atoms with Crippen molar-refractivity contribution in [3.8, 4) is 0 Å². The lowest BCUT2D eigenvalue weighted by molar-refractivity contribution is -0.164. The first-order chi connectivity index (χ1) is 13.6. The second-order valence-corrected chi connectivity index (χ2v) is 8.70. The van der Waals surface area contributed by atoms with Gasteiger partial charge in [0.15, 0.2) is 5.72 Å². The second kappa shape index (κ2) is 5.38. The van der Waals surface area contributed by atoms with Crippen LogP contribution in [0.2, 0.25) is 0 Å². The van der Waals surface area contributed by atoms with Crippen molar-refractivity contribution in [2.45, 2.75) is 43.2 Å². The largest absolute Gasteiger partial charge is 0.469 e. The normalized spacial score (nSPS) is 43.5. The molecule has 6 heteroatoms. The number of benzene rings is 1. The summed E-state index contributed by atoms with van der Waals surface area (Å²) in [6, 6.07) is 8.73. The molecule has 6 nitrogen and oxygen atoms in total. The van der Waals surface area contributed by atoms with E-state index in [1.54, 1.807) is 7.11 Å². The Labute approximate surface area is 165 Å². The maximum absolute atomic E-state index is 13.3. The average molecular weight is 382 g/mol. The maximum atomic E-state index is 13.3. The predicted molar refractivity (Wildman–Crippen MR) is 103 cm³/mol. The molecule has 1 aromatic rings. The fourth-order valence-corrected chi connectivity index (χ4v) is 7.34. The summed E-state index contributed by atoms with van der Waals surface area (Å²) >= 11 is 0. The molecule has 6 atom stereocenters. The first-order valence-corrected chi connectivity index (χ1v) is 10.2. The highest BCUT2D eigenvalue weighted by molar-refractivity contribution is 5.82. The van der Waals surface area contributed by atoms with Crippen molar-refractivity contribution in [1.29, 1.82) is 0 Å². The highest BCUT2D eigenvalue weighted by Crippen LogP contribution is 2.74. The minimum absolute atomic E-state index is 0.0288. The van der Waals surface area contributed by atoms with Crippen LogP contribution in [0.5, 0.6) is 0 Å². The molecule has 4 fully saturated rings. The Hall–Kier alpha value is -1.89. The minimum atomic E-state index is -0.564. The van der Waals surface area contributed by atoms with Gasteiger partial charge in [0.1, 0.15) is 13.0 Å². The van der Waals surface area contributed by atoms with E-state index in [1.807, 2.05) is 0 Å². The molecule has 1 saturated carbocycles. The monoisotopic (exact) mass is 382 g/mol. The molecule has 1 spiro atoms. The summed E-state index contributed by atoms with van der Waals surface area (Å²) in [5.74, 6) is -0.152. The number of esters is 1. The summed E-state index contributed by atoms with van der Waals surface area (Å²) in [5.41, 5.74) is 2.73. The number of carbonyl (C=O) groups excluding carboxylic acids is 1. The number of hydrogen-bond acceptors (Lipinski definition) is 6. The van der Waals surface area contributed by atoms with Gasteiger partial charge in [-0.15, -0.1) is 0 Å². The molecule has 1 aliphatic carbocycles. The molecular weight excluding hydrogens is 356 g/mol. The van der Waals surface area contributed by atoms with Crippen LogP contribution in [0.1, 0.15) is 25.3 Å². The number of fused-ring (bicyclic) bond motifs is 4. The third-order valence-corrected chi connectivity index (χ3v) is 8.09. The van der Waals surface area contributed by atoms with Gasteiger partial charge in [0, 0.05) is 25.8 Å². The number of methoxy groups -OCH3 is 2. The van der Waals surface area contributed by atoms with Crippen LogP contribution in [0.3, 0.4) is 0 Å². The highest BCUT2D eigenvalue weighted by Gasteiger charge is 2.84. The van der Waals surface area contributed by atoms with Gasteiger partial charge in [-0.3, -0.25) is 9.69 Å². The van der Waals surface area contributed by atoms with Gasteiger partial charge >= 0.3 is 5.97 Å². The standard InChI is InChI=1S/C22H26N2O4/c1-4-13-11-23-17-9-14(13)19(20(25)27-3)21-10-18(23)28-22(17,21)24(12-26-2)16-8-6-5-7-15(16)21/h4-8,14,17-19H,9-12H2,1-3H3/b13-4-/t14-,17+,18+,19?,21+,22+/m1/s1. The van der Waals surface area contributed by atoms with Crippen molar-refractivity contribution in [1.82, 2.24) is 4.90 Å². The smallest absolute Gasteiger partial charge is 0.310 e. The van der Waals surface area contributed by atoms with E-state index < -0.39 is 11.1 Å². The van der Waals surface area contributed by atoms with E-state index in [0.717, 1.165) is 25.1 Å². The predicted octanol–water partition coefficient (Wildman–Crippen LogP) is 2.24. The summed E-state index contributed by atoms with van der Waals surface area (Å²) in [6.45, 7) is 3.41. The van der Waals surface area contributed by atoms with Gasteiger partial charge in [-0.2, -0.15) is 0 Å². The van der Waals surface area contributed by atoms with Crippen molar-refractivity contribution in [3.05, 3.63) is 41.5 Å². The van der Waals surface area contributed by atoms with E-state index in [0.29, 0.717) is 6.73 Å². The molecule has 5 aliphatic rings. The first kappa shape index (κ1) is 17.0. The third kappa shape index (κ3) is 1.55. The average Bonchev–Trinajstić information content (AvgIpc) is 3.32. The van der Waals surface area contributed by atoms with Crippen molar-refractivity contribution in [2.75, 3.05) is 32.4 Å². The number of para-hydroxylation sites is 1. The van der Waals surface area contributed by atoms with E-state index in [1.165, 1.54) is 18.2 Å². The Morgan fingerprint density at radius 3 is 2.93 bits per heavy atom. The van der Waals surface area contributed by atoms with Gasteiger partial charge in [0.25, 0.3) is 0 Å². The SMILES string of the molecule is C/C=C1/CN2[C@@H]3C[C@@]45c6ccccc6N(COC)[C@]4(O3)[C@@H]2C[C@H]1C5C(=O)OC. The molecule has 1 unspecified atom stereocenters. The van der Waals surface area contributed by atoms with Crippen LogP contribution in [0.15, 0.2) is 35.9 Å². The number of piperidine rings is 2. The molecule has 6 rings (SSSR count). The zero-order chi connectivity index (χ0) is 19.3. The lowest BCUT2D eigenvalue weighted by Crippen LogP contribution is -2.75. The van der Waals surface area contributed by atoms with Gasteiger partial charge in [0.05, 0.1) is 24.5 Å². The fraction of sp³-hybridized carbons (Fsp3) is 0.591. The summed E-state index contributed by atoms with van der Waals surface area (Å²) in [5, 5.41) is 0. The Morgan fingerprint density at radius 1 is 1.36 bits per heavy atom. The Balaban J connectivity index is 1.67. The van der Waals surface area contributed by atoms with E-state index in [2.05, 4.69) is 47.1 Å². The molecule has 4 aliphatic heterocycles. The number of carbonyl (C=O) groups is 1. The Morgan fingerprint density at radius 2 is 2.18 bits per heavy atom. The third-order valence-electron chi connectivity index (χ3n) is 8.09. The summed E-state index contributed by atoms with van der Waals surface area (Å²) in [7, 11) is 3.24. The minimum Gasteiger partial charge on any atom is -0.469 e. The lowest BCUT2D eigenvalue weighted by Gasteiger charge is -2.61. The molecule has 0 amide bonds. The van der Waals surface area contributed by atoms with Gasteiger partial charge < -0.3 is 19.1 Å². The van der Waals surface area contributed by atoms with Gasteiger partial charge in [-0.25, -0.2) is 0 Å². The van der Waals surface area contributed by atoms with E-state index in [4.69, 9.17) is 14.2 Å². The summed E-state index contributed by atoms with van der Waals surface area (Å²) < 4.78 is 17.9. The first-order valence-electron chi connectivity index (χ1n) is 10.2. The molecule has 28 heavy (non-hydrogen) atoms. The van der Waals surface area contributed by atoms with E-state index >= 15 is 0 Å².